The van der Waals surface area contributed by atoms with Crippen LogP contribution in [0.3, 0.4) is 0 Å². The fourth-order valence-corrected chi connectivity index (χ4v) is 3.24. The Bertz CT molecular complexity index is 505. The van der Waals surface area contributed by atoms with Gasteiger partial charge in [0.25, 0.3) is 0 Å². The molecule has 96 valence electrons. The average molecular weight is 301 g/mol. The third-order valence-corrected chi connectivity index (χ3v) is 4.10. The summed E-state index contributed by atoms with van der Waals surface area (Å²) in [4.78, 5) is 5.59. The van der Waals surface area contributed by atoms with E-state index in [4.69, 9.17) is 23.2 Å². The third kappa shape index (κ3) is 3.23. The van der Waals surface area contributed by atoms with Crippen molar-refractivity contribution in [2.45, 2.75) is 19.9 Å². The Hall–Kier alpha value is -0.610. The molecule has 0 spiro atoms. The van der Waals surface area contributed by atoms with Crippen LogP contribution in [0.2, 0.25) is 10.0 Å². The summed E-state index contributed by atoms with van der Waals surface area (Å²) in [5, 5.41) is 5.51. The zero-order valence-corrected chi connectivity index (χ0v) is 12.4. The Kier molecular flexibility index (Phi) is 5.01. The second kappa shape index (κ2) is 6.53. The topological polar surface area (TPSA) is 24.9 Å². The monoisotopic (exact) mass is 300 g/mol. The minimum absolute atomic E-state index is 0.643. The van der Waals surface area contributed by atoms with E-state index in [0.717, 1.165) is 30.1 Å². The van der Waals surface area contributed by atoms with Crippen LogP contribution < -0.4 is 5.32 Å². The number of rotatable bonds is 5. The first-order valence-corrected chi connectivity index (χ1v) is 7.39. The van der Waals surface area contributed by atoms with Crippen molar-refractivity contribution < 1.29 is 0 Å². The number of hydrogen-bond acceptors (Lipinski definition) is 3. The zero-order chi connectivity index (χ0) is 13.0. The SMILES string of the molecule is CCCNCc1cnc(-c2c(Cl)cccc2Cl)s1. The van der Waals surface area contributed by atoms with Crippen molar-refractivity contribution in [1.82, 2.24) is 10.3 Å². The van der Waals surface area contributed by atoms with Crippen LogP contribution in [-0.2, 0) is 6.54 Å². The first-order chi connectivity index (χ1) is 8.72. The van der Waals surface area contributed by atoms with Crippen LogP contribution in [0.4, 0.5) is 0 Å². The van der Waals surface area contributed by atoms with Gasteiger partial charge in [-0.2, -0.15) is 0 Å². The molecule has 2 aromatic rings. The normalized spacial score (nSPS) is 10.8. The fraction of sp³-hybridized carbons (Fsp3) is 0.308. The summed E-state index contributed by atoms with van der Waals surface area (Å²) in [7, 11) is 0. The Morgan fingerprint density at radius 3 is 2.67 bits per heavy atom. The van der Waals surface area contributed by atoms with E-state index in [-0.39, 0.29) is 0 Å². The van der Waals surface area contributed by atoms with Crippen molar-refractivity contribution in [1.29, 1.82) is 0 Å². The van der Waals surface area contributed by atoms with E-state index in [9.17, 15) is 0 Å². The summed E-state index contributed by atoms with van der Waals surface area (Å²) < 4.78 is 0. The van der Waals surface area contributed by atoms with Gasteiger partial charge < -0.3 is 5.32 Å². The quantitative estimate of drug-likeness (QED) is 0.815. The molecule has 0 aliphatic carbocycles. The lowest BCUT2D eigenvalue weighted by Gasteiger charge is -2.02. The van der Waals surface area contributed by atoms with E-state index in [2.05, 4.69) is 17.2 Å². The van der Waals surface area contributed by atoms with Crippen LogP contribution in [0.5, 0.6) is 0 Å². The van der Waals surface area contributed by atoms with Gasteiger partial charge in [0.2, 0.25) is 0 Å². The molecule has 0 aliphatic rings. The molecule has 1 heterocycles. The second-order valence-electron chi connectivity index (χ2n) is 3.91. The van der Waals surface area contributed by atoms with Crippen LogP contribution in [0.25, 0.3) is 10.6 Å². The van der Waals surface area contributed by atoms with Crippen LogP contribution >= 0.6 is 34.5 Å². The minimum Gasteiger partial charge on any atom is -0.312 e. The molecule has 1 N–H and O–H groups in total. The predicted molar refractivity (Wildman–Crippen MR) is 79.6 cm³/mol. The van der Waals surface area contributed by atoms with E-state index in [1.54, 1.807) is 11.3 Å². The molecule has 18 heavy (non-hydrogen) atoms. The molecule has 0 aliphatic heterocycles. The maximum Gasteiger partial charge on any atom is 0.126 e. The molecule has 0 atom stereocenters. The van der Waals surface area contributed by atoms with Gasteiger partial charge in [-0.1, -0.05) is 36.2 Å². The van der Waals surface area contributed by atoms with Gasteiger partial charge in [-0.3, -0.25) is 0 Å². The standard InChI is InChI=1S/C13H14Cl2N2S/c1-2-6-16-7-9-8-17-13(18-9)12-10(14)4-3-5-11(12)15/h3-5,8,16H,2,6-7H2,1H3. The maximum absolute atomic E-state index is 6.17. The average Bonchev–Trinajstić information content (AvgIpc) is 2.78. The largest absolute Gasteiger partial charge is 0.312 e. The fourth-order valence-electron chi connectivity index (χ4n) is 1.60. The minimum atomic E-state index is 0.643. The molecule has 0 fully saturated rings. The van der Waals surface area contributed by atoms with E-state index < -0.39 is 0 Å². The lowest BCUT2D eigenvalue weighted by molar-refractivity contribution is 0.681. The van der Waals surface area contributed by atoms with Gasteiger partial charge in [-0.05, 0) is 25.1 Å². The van der Waals surface area contributed by atoms with E-state index in [1.807, 2.05) is 24.4 Å². The van der Waals surface area contributed by atoms with Gasteiger partial charge in [0.1, 0.15) is 5.01 Å². The number of thiazole rings is 1. The lowest BCUT2D eigenvalue weighted by Crippen LogP contribution is -2.12. The van der Waals surface area contributed by atoms with Crippen molar-refractivity contribution in [3.05, 3.63) is 39.3 Å². The summed E-state index contributed by atoms with van der Waals surface area (Å²) in [6, 6.07) is 5.50. The Labute approximate surface area is 121 Å². The molecule has 1 aromatic heterocycles. The highest BCUT2D eigenvalue weighted by molar-refractivity contribution is 7.15. The summed E-state index contributed by atoms with van der Waals surface area (Å²) in [6.07, 6.45) is 3.00. The van der Waals surface area contributed by atoms with Crippen LogP contribution in [-0.4, -0.2) is 11.5 Å². The van der Waals surface area contributed by atoms with Crippen molar-refractivity contribution in [2.75, 3.05) is 6.54 Å². The van der Waals surface area contributed by atoms with Crippen LogP contribution in [0.15, 0.2) is 24.4 Å². The predicted octanol–water partition coefficient (Wildman–Crippen LogP) is 4.62. The molecular weight excluding hydrogens is 287 g/mol. The molecular formula is C13H14Cl2N2S. The van der Waals surface area contributed by atoms with Crippen molar-refractivity contribution in [3.63, 3.8) is 0 Å². The summed E-state index contributed by atoms with van der Waals surface area (Å²) in [6.45, 7) is 4.00. The summed E-state index contributed by atoms with van der Waals surface area (Å²) in [5.41, 5.74) is 0.826. The molecule has 2 rings (SSSR count). The van der Waals surface area contributed by atoms with Crippen LogP contribution in [0.1, 0.15) is 18.2 Å². The van der Waals surface area contributed by atoms with Gasteiger partial charge in [0.05, 0.1) is 10.0 Å². The molecule has 0 saturated heterocycles. The number of benzene rings is 1. The van der Waals surface area contributed by atoms with Gasteiger partial charge in [-0.25, -0.2) is 4.98 Å². The summed E-state index contributed by atoms with van der Waals surface area (Å²) in [5.74, 6) is 0. The number of nitrogens with one attached hydrogen (secondary N) is 1. The smallest absolute Gasteiger partial charge is 0.126 e. The highest BCUT2D eigenvalue weighted by Gasteiger charge is 2.12. The first-order valence-electron chi connectivity index (χ1n) is 5.82. The van der Waals surface area contributed by atoms with Crippen molar-refractivity contribution in [3.8, 4) is 10.6 Å². The van der Waals surface area contributed by atoms with Gasteiger partial charge in [0.15, 0.2) is 0 Å². The molecule has 0 radical (unpaired) electrons. The molecule has 0 bridgehead atoms. The number of nitrogens with zero attached hydrogens (tertiary/aromatic N) is 1. The third-order valence-electron chi connectivity index (χ3n) is 2.46. The highest BCUT2D eigenvalue weighted by atomic mass is 35.5. The van der Waals surface area contributed by atoms with E-state index in [0.29, 0.717) is 10.0 Å². The first kappa shape index (κ1) is 13.8. The zero-order valence-electron chi connectivity index (χ0n) is 10.0. The van der Waals surface area contributed by atoms with Crippen molar-refractivity contribution in [2.24, 2.45) is 0 Å². The molecule has 5 heteroatoms. The molecule has 0 saturated carbocycles. The lowest BCUT2D eigenvalue weighted by atomic mass is 10.2. The molecule has 1 aromatic carbocycles. The number of hydrogen-bond donors (Lipinski definition) is 1. The van der Waals surface area contributed by atoms with E-state index >= 15 is 0 Å². The number of halogens is 2. The van der Waals surface area contributed by atoms with Gasteiger partial charge >= 0.3 is 0 Å². The van der Waals surface area contributed by atoms with E-state index in [1.165, 1.54) is 4.88 Å². The van der Waals surface area contributed by atoms with Gasteiger partial charge in [-0.15, -0.1) is 11.3 Å². The Balaban J connectivity index is 2.19. The Morgan fingerprint density at radius 2 is 2.00 bits per heavy atom. The molecule has 0 unspecified atom stereocenters. The second-order valence-corrected chi connectivity index (χ2v) is 5.83. The highest BCUT2D eigenvalue weighted by Crippen LogP contribution is 2.36. The molecule has 2 nitrogen and oxygen atoms in total. The maximum atomic E-state index is 6.17. The Morgan fingerprint density at radius 1 is 1.28 bits per heavy atom. The van der Waals surface area contributed by atoms with Gasteiger partial charge in [0, 0.05) is 23.2 Å². The number of aromatic nitrogens is 1. The van der Waals surface area contributed by atoms with Crippen molar-refractivity contribution >= 4 is 34.5 Å². The summed E-state index contributed by atoms with van der Waals surface area (Å²) >= 11 is 14.0. The van der Waals surface area contributed by atoms with Crippen LogP contribution in [0, 0.1) is 0 Å². The molecule has 0 amide bonds.